The number of aryl methyl sites for hydroxylation is 1. The summed E-state index contributed by atoms with van der Waals surface area (Å²) in [6, 6.07) is 2.72. The average molecular weight is 313 g/mol. The lowest BCUT2D eigenvalue weighted by atomic mass is 10.2. The largest absolute Gasteiger partial charge is 0.494 e. The van der Waals surface area contributed by atoms with E-state index in [4.69, 9.17) is 15.2 Å². The summed E-state index contributed by atoms with van der Waals surface area (Å²) in [5.41, 5.74) is 6.14. The van der Waals surface area contributed by atoms with Crippen molar-refractivity contribution < 1.29 is 22.6 Å². The first-order valence-corrected chi connectivity index (χ1v) is 6.61. The molecule has 2 N–H and O–H groups in total. The van der Waals surface area contributed by atoms with Gasteiger partial charge in [0.25, 0.3) is 0 Å². The summed E-state index contributed by atoms with van der Waals surface area (Å²) in [5.74, 6) is 0.812. The van der Waals surface area contributed by atoms with Gasteiger partial charge >= 0.3 is 6.18 Å². The molecule has 0 saturated carbocycles. The molecule has 1 aliphatic heterocycles. The second kappa shape index (κ2) is 5.20. The molecule has 1 atom stereocenters. The van der Waals surface area contributed by atoms with Gasteiger partial charge in [0, 0.05) is 7.05 Å². The van der Waals surface area contributed by atoms with Crippen molar-refractivity contribution in [2.24, 2.45) is 12.8 Å². The predicted octanol–water partition coefficient (Wildman–Crippen LogP) is 2.48. The fraction of sp³-hybridized carbons (Fsp3) is 0.357. The highest BCUT2D eigenvalue weighted by atomic mass is 19.4. The number of hydrogen-bond acceptors (Lipinski definition) is 4. The number of ether oxygens (including phenoxy) is 2. The van der Waals surface area contributed by atoms with Gasteiger partial charge in [0.2, 0.25) is 0 Å². The molecule has 8 heteroatoms. The molecule has 2 aromatic rings. The first-order chi connectivity index (χ1) is 10.4. The van der Waals surface area contributed by atoms with Crippen LogP contribution in [0.4, 0.5) is 13.2 Å². The summed E-state index contributed by atoms with van der Waals surface area (Å²) in [6.45, 7) is 0.815. The molecule has 5 nitrogen and oxygen atoms in total. The van der Waals surface area contributed by atoms with Crippen LogP contribution in [-0.4, -0.2) is 22.8 Å². The Hall–Kier alpha value is -2.22. The van der Waals surface area contributed by atoms with Crippen LogP contribution in [0.3, 0.4) is 0 Å². The summed E-state index contributed by atoms with van der Waals surface area (Å²) < 4.78 is 50.5. The third kappa shape index (κ3) is 2.50. The quantitative estimate of drug-likeness (QED) is 0.925. The molecule has 1 aromatic carbocycles. The zero-order valence-electron chi connectivity index (χ0n) is 11.7. The number of nitrogens with zero attached hydrogens (tertiary/aromatic N) is 2. The van der Waals surface area contributed by atoms with Crippen molar-refractivity contribution in [2.75, 3.05) is 13.2 Å². The molecule has 0 aliphatic carbocycles. The first-order valence-electron chi connectivity index (χ1n) is 6.61. The van der Waals surface area contributed by atoms with E-state index >= 15 is 0 Å². The van der Waals surface area contributed by atoms with Crippen molar-refractivity contribution in [3.05, 3.63) is 41.6 Å². The average Bonchev–Trinajstić information content (AvgIpc) is 2.83. The number of imidazole rings is 1. The zero-order chi connectivity index (χ0) is 15.9. The van der Waals surface area contributed by atoms with Gasteiger partial charge in [0.1, 0.15) is 31.3 Å². The Labute approximate surface area is 124 Å². The molecule has 0 radical (unpaired) electrons. The highest BCUT2D eigenvalue weighted by molar-refractivity contribution is 5.77. The van der Waals surface area contributed by atoms with Crippen LogP contribution in [0.25, 0.3) is 11.0 Å². The van der Waals surface area contributed by atoms with Gasteiger partial charge in [-0.25, -0.2) is 4.98 Å². The standard InChI is InChI=1S/C14H14F3N3O2/c1-20-10-3-2-8(14(15,16)17)6-9(10)19-13(20)12(18)11-7-21-4-5-22-11/h2-3,6-7,12H,4-5,18H2,1H3/t12-/m0/s1. The number of benzene rings is 1. The van der Waals surface area contributed by atoms with E-state index in [0.717, 1.165) is 12.1 Å². The van der Waals surface area contributed by atoms with Crippen LogP contribution in [0.1, 0.15) is 17.4 Å². The lowest BCUT2D eigenvalue weighted by Gasteiger charge is -2.20. The second-order valence-electron chi connectivity index (χ2n) is 4.95. The zero-order valence-corrected chi connectivity index (χ0v) is 11.7. The molecule has 1 aromatic heterocycles. The number of nitrogens with two attached hydrogens (primary N) is 1. The molecule has 0 saturated heterocycles. The van der Waals surface area contributed by atoms with Crippen LogP contribution < -0.4 is 5.73 Å². The van der Waals surface area contributed by atoms with E-state index in [1.54, 1.807) is 11.6 Å². The number of alkyl halides is 3. The fourth-order valence-electron chi connectivity index (χ4n) is 2.35. The van der Waals surface area contributed by atoms with Gasteiger partial charge in [-0.15, -0.1) is 0 Å². The Morgan fingerprint density at radius 2 is 2.09 bits per heavy atom. The molecule has 0 spiro atoms. The summed E-state index contributed by atoms with van der Waals surface area (Å²) in [5, 5.41) is 0. The summed E-state index contributed by atoms with van der Waals surface area (Å²) in [6.07, 6.45) is -2.99. The van der Waals surface area contributed by atoms with Crippen LogP contribution in [0, 0.1) is 0 Å². The minimum atomic E-state index is -4.41. The van der Waals surface area contributed by atoms with Gasteiger partial charge in [-0.3, -0.25) is 0 Å². The SMILES string of the molecule is Cn1c([C@@H](N)C2=COCCO2)nc2cc(C(F)(F)F)ccc21. The molecular formula is C14H14F3N3O2. The Kier molecular flexibility index (Phi) is 3.48. The third-order valence-electron chi connectivity index (χ3n) is 3.50. The van der Waals surface area contributed by atoms with Gasteiger partial charge in [-0.1, -0.05) is 0 Å². The van der Waals surface area contributed by atoms with Gasteiger partial charge < -0.3 is 19.8 Å². The molecule has 0 amide bonds. The van der Waals surface area contributed by atoms with E-state index in [1.165, 1.54) is 12.3 Å². The second-order valence-corrected chi connectivity index (χ2v) is 4.95. The van der Waals surface area contributed by atoms with Crippen molar-refractivity contribution in [1.29, 1.82) is 0 Å². The van der Waals surface area contributed by atoms with E-state index in [-0.39, 0.29) is 5.52 Å². The topological polar surface area (TPSA) is 62.3 Å². The Bertz CT molecular complexity index is 737. The normalized spacial score (nSPS) is 16.9. The Balaban J connectivity index is 2.04. The van der Waals surface area contributed by atoms with E-state index in [2.05, 4.69) is 4.98 Å². The van der Waals surface area contributed by atoms with Crippen LogP contribution >= 0.6 is 0 Å². The van der Waals surface area contributed by atoms with Crippen molar-refractivity contribution in [2.45, 2.75) is 12.2 Å². The predicted molar refractivity (Wildman–Crippen MR) is 72.6 cm³/mol. The highest BCUT2D eigenvalue weighted by Gasteiger charge is 2.31. The minimum absolute atomic E-state index is 0.236. The maximum atomic E-state index is 12.8. The lowest BCUT2D eigenvalue weighted by molar-refractivity contribution is -0.137. The molecule has 2 heterocycles. The summed E-state index contributed by atoms with van der Waals surface area (Å²) >= 11 is 0. The third-order valence-corrected chi connectivity index (χ3v) is 3.50. The number of hydrogen-bond donors (Lipinski definition) is 1. The van der Waals surface area contributed by atoms with E-state index in [0.29, 0.717) is 30.3 Å². The van der Waals surface area contributed by atoms with Gasteiger partial charge in [-0.05, 0) is 18.2 Å². The first kappa shape index (κ1) is 14.7. The minimum Gasteiger partial charge on any atom is -0.494 e. The summed E-state index contributed by atoms with van der Waals surface area (Å²) in [7, 11) is 1.70. The fourth-order valence-corrected chi connectivity index (χ4v) is 2.35. The molecule has 1 aliphatic rings. The molecule has 0 bridgehead atoms. The highest BCUT2D eigenvalue weighted by Crippen LogP contribution is 2.32. The lowest BCUT2D eigenvalue weighted by Crippen LogP contribution is -2.22. The van der Waals surface area contributed by atoms with Crippen LogP contribution in [-0.2, 0) is 22.7 Å². The summed E-state index contributed by atoms with van der Waals surface area (Å²) in [4.78, 5) is 4.22. The van der Waals surface area contributed by atoms with Crippen LogP contribution in [0.15, 0.2) is 30.2 Å². The van der Waals surface area contributed by atoms with E-state index in [1.807, 2.05) is 0 Å². The number of aromatic nitrogens is 2. The van der Waals surface area contributed by atoms with Crippen molar-refractivity contribution in [3.63, 3.8) is 0 Å². The van der Waals surface area contributed by atoms with Crippen molar-refractivity contribution in [1.82, 2.24) is 9.55 Å². The van der Waals surface area contributed by atoms with Gasteiger partial charge in [-0.2, -0.15) is 13.2 Å². The maximum Gasteiger partial charge on any atom is 0.416 e. The molecule has 3 rings (SSSR count). The van der Waals surface area contributed by atoms with Crippen LogP contribution in [0.5, 0.6) is 0 Å². The number of fused-ring (bicyclic) bond motifs is 1. The van der Waals surface area contributed by atoms with E-state index < -0.39 is 17.8 Å². The molecule has 0 unspecified atom stereocenters. The Morgan fingerprint density at radius 3 is 2.73 bits per heavy atom. The van der Waals surface area contributed by atoms with E-state index in [9.17, 15) is 13.2 Å². The molecule has 0 fully saturated rings. The monoisotopic (exact) mass is 313 g/mol. The van der Waals surface area contributed by atoms with Gasteiger partial charge in [0.05, 0.1) is 16.6 Å². The smallest absolute Gasteiger partial charge is 0.416 e. The molecule has 118 valence electrons. The van der Waals surface area contributed by atoms with Crippen LogP contribution in [0.2, 0.25) is 0 Å². The molecular weight excluding hydrogens is 299 g/mol. The van der Waals surface area contributed by atoms with Crippen molar-refractivity contribution in [3.8, 4) is 0 Å². The van der Waals surface area contributed by atoms with Gasteiger partial charge in [0.15, 0.2) is 5.76 Å². The number of rotatable bonds is 2. The maximum absolute atomic E-state index is 12.8. The van der Waals surface area contributed by atoms with Crippen molar-refractivity contribution >= 4 is 11.0 Å². The number of halogens is 3. The molecule has 22 heavy (non-hydrogen) atoms. The Morgan fingerprint density at radius 1 is 1.32 bits per heavy atom.